The Balaban J connectivity index is 1.62. The van der Waals surface area contributed by atoms with Crippen LogP contribution in [0.5, 0.6) is 0 Å². The van der Waals surface area contributed by atoms with Crippen LogP contribution in [0.15, 0.2) is 78.9 Å². The van der Waals surface area contributed by atoms with Gasteiger partial charge in [0, 0.05) is 16.0 Å². The zero-order valence-electron chi connectivity index (χ0n) is 23.8. The quantitative estimate of drug-likeness (QED) is 0.0826. The minimum Gasteiger partial charge on any atom is -0.410 e. The molecule has 0 unspecified atom stereocenters. The Morgan fingerprint density at radius 3 is 2.48 bits per heavy atom. The third kappa shape index (κ3) is 7.22. The van der Waals surface area contributed by atoms with Crippen LogP contribution >= 0.6 is 11.6 Å². The van der Waals surface area contributed by atoms with E-state index in [1.54, 1.807) is 12.1 Å². The van der Waals surface area contributed by atoms with Crippen molar-refractivity contribution in [3.05, 3.63) is 112 Å². The number of aromatic nitrogens is 1. The zero-order chi connectivity index (χ0) is 28.9. The summed E-state index contributed by atoms with van der Waals surface area (Å²) in [6.07, 6.45) is 5.61. The number of ketones is 1. The fourth-order valence-electron chi connectivity index (χ4n) is 4.40. The third-order valence-corrected chi connectivity index (χ3v) is 12.4. The van der Waals surface area contributed by atoms with Crippen molar-refractivity contribution in [2.75, 3.05) is 0 Å². The van der Waals surface area contributed by atoms with Crippen LogP contribution in [0.4, 0.5) is 0 Å². The number of pyridine rings is 1. The van der Waals surface area contributed by atoms with Gasteiger partial charge in [-0.15, -0.1) is 0 Å². The van der Waals surface area contributed by atoms with Crippen molar-refractivity contribution >= 4 is 55.0 Å². The molecule has 0 bridgehead atoms. The van der Waals surface area contributed by atoms with Crippen molar-refractivity contribution in [1.29, 1.82) is 0 Å². The van der Waals surface area contributed by atoms with Crippen LogP contribution in [-0.4, -0.2) is 25.4 Å². The Morgan fingerprint density at radius 2 is 1.73 bits per heavy atom. The third-order valence-electron chi connectivity index (χ3n) is 7.71. The Kier molecular flexibility index (Phi) is 9.19. The lowest BCUT2D eigenvalue weighted by molar-refractivity contribution is -0.104. The molecule has 0 saturated heterocycles. The molecule has 206 valence electrons. The molecule has 0 radical (unpaired) electrons. The topological polar surface area (TPSA) is 56.3 Å². The van der Waals surface area contributed by atoms with Crippen molar-refractivity contribution in [3.63, 3.8) is 0 Å². The van der Waals surface area contributed by atoms with Gasteiger partial charge in [-0.2, -0.15) is 0 Å². The number of aldehydes is 1. The molecule has 4 aromatic rings. The first-order valence-electron chi connectivity index (χ1n) is 13.6. The molecule has 40 heavy (non-hydrogen) atoms. The van der Waals surface area contributed by atoms with Crippen LogP contribution in [-0.2, 0) is 15.6 Å². The molecule has 0 aliphatic heterocycles. The Bertz CT molecular complexity index is 1550. The number of nitrogens with zero attached hydrogens (tertiary/aromatic N) is 1. The molecular weight excluding hydrogens is 534 g/mol. The largest absolute Gasteiger partial charge is 0.410 e. The van der Waals surface area contributed by atoms with Crippen LogP contribution < -0.4 is 0 Å². The lowest BCUT2D eigenvalue weighted by Gasteiger charge is -2.39. The van der Waals surface area contributed by atoms with Gasteiger partial charge in [0.2, 0.25) is 5.78 Å². The SMILES string of the molecule is CC(C)(C)[Si](C)(C)O[C@@H](CCc1ccccc1C(=O)C=O)c1cccc(/C=C/c2ccc3ccc(Cl)cc3n2)c1. The van der Waals surface area contributed by atoms with Crippen LogP contribution in [0.25, 0.3) is 23.1 Å². The number of carbonyl (C=O) groups excluding carboxylic acids is 2. The number of carbonyl (C=O) groups is 2. The van der Waals surface area contributed by atoms with Gasteiger partial charge in [-0.25, -0.2) is 4.98 Å². The van der Waals surface area contributed by atoms with Crippen LogP contribution in [0.3, 0.4) is 0 Å². The minimum atomic E-state index is -2.11. The second kappa shape index (κ2) is 12.4. The molecule has 4 rings (SSSR count). The van der Waals surface area contributed by atoms with E-state index in [1.165, 1.54) is 0 Å². The standard InChI is InChI=1S/C34H36ClNO3Si/c1-34(2,3)40(4,5)39-33(20-16-25-10-6-7-12-30(25)32(38)23-37)27-11-8-9-24(21-27)13-18-29-19-15-26-14-17-28(35)22-31(26)36-29/h6-15,17-19,21-23,33H,16,20H2,1-5H3/b18-13+/t33-/m0/s1. The maximum atomic E-state index is 12.2. The van der Waals surface area contributed by atoms with Crippen LogP contribution in [0.1, 0.15) is 66.0 Å². The number of hydrogen-bond donors (Lipinski definition) is 0. The molecule has 3 aromatic carbocycles. The van der Waals surface area contributed by atoms with Crippen molar-refractivity contribution < 1.29 is 14.0 Å². The number of aryl methyl sites for hydroxylation is 1. The molecule has 4 nitrogen and oxygen atoms in total. The molecule has 0 spiro atoms. The summed E-state index contributed by atoms with van der Waals surface area (Å²) in [4.78, 5) is 28.2. The van der Waals surface area contributed by atoms with E-state index in [4.69, 9.17) is 21.0 Å². The molecule has 0 fully saturated rings. The van der Waals surface area contributed by atoms with Gasteiger partial charge in [-0.05, 0) is 78.0 Å². The molecule has 0 aliphatic carbocycles. The molecule has 6 heteroatoms. The second-order valence-corrected chi connectivity index (χ2v) is 16.8. The summed E-state index contributed by atoms with van der Waals surface area (Å²) < 4.78 is 6.95. The van der Waals surface area contributed by atoms with Crippen molar-refractivity contribution in [3.8, 4) is 0 Å². The molecular formula is C34H36ClNO3Si. The summed E-state index contributed by atoms with van der Waals surface area (Å²) in [7, 11) is -2.11. The number of halogens is 1. The number of fused-ring (bicyclic) bond motifs is 1. The first-order valence-corrected chi connectivity index (χ1v) is 16.8. The average Bonchev–Trinajstić information content (AvgIpc) is 2.93. The van der Waals surface area contributed by atoms with E-state index in [1.807, 2.05) is 48.5 Å². The van der Waals surface area contributed by atoms with Gasteiger partial charge in [0.05, 0.1) is 17.3 Å². The fourth-order valence-corrected chi connectivity index (χ4v) is 5.88. The minimum absolute atomic E-state index is 0.0405. The van der Waals surface area contributed by atoms with Gasteiger partial charge in [-0.1, -0.05) is 93.0 Å². The Labute approximate surface area is 243 Å². The predicted molar refractivity (Wildman–Crippen MR) is 168 cm³/mol. The molecule has 1 heterocycles. The highest BCUT2D eigenvalue weighted by molar-refractivity contribution is 6.74. The summed E-state index contributed by atoms with van der Waals surface area (Å²) >= 11 is 6.16. The summed E-state index contributed by atoms with van der Waals surface area (Å²) in [5.41, 5.74) is 5.17. The van der Waals surface area contributed by atoms with Gasteiger partial charge in [0.1, 0.15) is 0 Å². The highest BCUT2D eigenvalue weighted by atomic mass is 35.5. The molecule has 0 amide bonds. The summed E-state index contributed by atoms with van der Waals surface area (Å²) in [6, 6.07) is 25.5. The van der Waals surface area contributed by atoms with E-state index in [9.17, 15) is 9.59 Å². The Morgan fingerprint density at radius 1 is 0.975 bits per heavy atom. The molecule has 1 aromatic heterocycles. The van der Waals surface area contributed by atoms with Crippen molar-refractivity contribution in [2.45, 2.75) is 57.8 Å². The van der Waals surface area contributed by atoms with Crippen molar-refractivity contribution in [1.82, 2.24) is 4.98 Å². The highest BCUT2D eigenvalue weighted by Crippen LogP contribution is 2.41. The molecule has 0 saturated carbocycles. The smallest absolute Gasteiger partial charge is 0.225 e. The maximum Gasteiger partial charge on any atom is 0.225 e. The van der Waals surface area contributed by atoms with Crippen LogP contribution in [0.2, 0.25) is 23.2 Å². The van der Waals surface area contributed by atoms with E-state index in [0.717, 1.165) is 33.3 Å². The van der Waals surface area contributed by atoms with Gasteiger partial charge >= 0.3 is 0 Å². The van der Waals surface area contributed by atoms with Crippen LogP contribution in [0, 0.1) is 0 Å². The Hall–Kier alpha value is -3.38. The first-order chi connectivity index (χ1) is 19.0. The number of benzene rings is 3. The number of rotatable bonds is 10. The van der Waals surface area contributed by atoms with E-state index in [-0.39, 0.29) is 11.1 Å². The van der Waals surface area contributed by atoms with E-state index < -0.39 is 14.1 Å². The van der Waals surface area contributed by atoms with E-state index in [2.05, 4.69) is 64.2 Å². The van der Waals surface area contributed by atoms with E-state index >= 15 is 0 Å². The molecule has 1 atom stereocenters. The second-order valence-electron chi connectivity index (χ2n) is 11.6. The summed E-state index contributed by atoms with van der Waals surface area (Å²) in [5.74, 6) is -0.492. The predicted octanol–water partition coefficient (Wildman–Crippen LogP) is 9.14. The lowest BCUT2D eigenvalue weighted by Crippen LogP contribution is -2.42. The summed E-state index contributed by atoms with van der Waals surface area (Å²) in [5, 5.41) is 1.75. The van der Waals surface area contributed by atoms with Crippen molar-refractivity contribution in [2.24, 2.45) is 0 Å². The van der Waals surface area contributed by atoms with Gasteiger partial charge < -0.3 is 4.43 Å². The number of hydrogen-bond acceptors (Lipinski definition) is 4. The average molecular weight is 570 g/mol. The van der Waals surface area contributed by atoms with Gasteiger partial charge in [-0.3, -0.25) is 9.59 Å². The maximum absolute atomic E-state index is 12.2. The summed E-state index contributed by atoms with van der Waals surface area (Å²) in [6.45, 7) is 11.2. The molecule has 0 aliphatic rings. The zero-order valence-corrected chi connectivity index (χ0v) is 25.5. The van der Waals surface area contributed by atoms with E-state index in [0.29, 0.717) is 29.7 Å². The normalized spacial score (nSPS) is 13.1. The monoisotopic (exact) mass is 569 g/mol. The lowest BCUT2D eigenvalue weighted by atomic mass is 9.96. The number of Topliss-reactive ketones (excluding diaryl/α,β-unsaturated/α-hetero) is 1. The molecule has 0 N–H and O–H groups in total. The first kappa shape index (κ1) is 29.6. The fraction of sp³-hybridized carbons (Fsp3) is 0.265. The highest BCUT2D eigenvalue weighted by Gasteiger charge is 2.39. The van der Waals surface area contributed by atoms with Gasteiger partial charge in [0.25, 0.3) is 0 Å². The van der Waals surface area contributed by atoms with Gasteiger partial charge in [0.15, 0.2) is 14.6 Å².